The number of imide groups is 1. The minimum Gasteiger partial charge on any atom is -0.383 e. The molecule has 1 fully saturated rings. The predicted octanol–water partition coefficient (Wildman–Crippen LogP) is 0.433. The second-order valence-electron chi connectivity index (χ2n) is 5.63. The quantitative estimate of drug-likeness (QED) is 0.704. The Morgan fingerprint density at radius 3 is 2.91 bits per heavy atom. The molecule has 0 unspecified atom stereocenters. The van der Waals surface area contributed by atoms with E-state index in [2.05, 4.69) is 15.6 Å². The maximum atomic E-state index is 12.3. The number of hydrogen-bond acceptors (Lipinski definition) is 5. The van der Waals surface area contributed by atoms with Crippen molar-refractivity contribution < 1.29 is 14.3 Å². The SMILES string of the molecule is CC[C@H](C)CN1C(=O)N[C@H](Cc2cn(CCOC)nn2)C1=O. The minimum absolute atomic E-state index is 0.184. The van der Waals surface area contributed by atoms with Crippen LogP contribution >= 0.6 is 0 Å². The van der Waals surface area contributed by atoms with Gasteiger partial charge in [-0.15, -0.1) is 5.10 Å². The molecule has 1 aliphatic heterocycles. The average Bonchev–Trinajstić information content (AvgIpc) is 3.05. The first-order valence-electron chi connectivity index (χ1n) is 7.55. The summed E-state index contributed by atoms with van der Waals surface area (Å²) in [6, 6.07) is -0.869. The molecule has 2 atom stereocenters. The molecule has 8 heteroatoms. The highest BCUT2D eigenvalue weighted by Crippen LogP contribution is 2.14. The van der Waals surface area contributed by atoms with Crippen molar-refractivity contribution in [3.05, 3.63) is 11.9 Å². The van der Waals surface area contributed by atoms with Crippen LogP contribution in [0.3, 0.4) is 0 Å². The van der Waals surface area contributed by atoms with E-state index in [0.29, 0.717) is 37.7 Å². The van der Waals surface area contributed by atoms with Crippen molar-refractivity contribution in [2.45, 2.75) is 39.3 Å². The molecule has 22 heavy (non-hydrogen) atoms. The molecule has 3 amide bonds. The number of methoxy groups -OCH3 is 1. The molecule has 0 radical (unpaired) electrons. The topological polar surface area (TPSA) is 89.3 Å². The Morgan fingerprint density at radius 2 is 2.23 bits per heavy atom. The molecule has 0 aromatic carbocycles. The van der Waals surface area contributed by atoms with Crippen LogP contribution in [0.15, 0.2) is 6.20 Å². The highest BCUT2D eigenvalue weighted by Gasteiger charge is 2.38. The van der Waals surface area contributed by atoms with E-state index in [4.69, 9.17) is 4.74 Å². The van der Waals surface area contributed by atoms with Crippen molar-refractivity contribution in [1.82, 2.24) is 25.2 Å². The lowest BCUT2D eigenvalue weighted by molar-refractivity contribution is -0.127. The number of urea groups is 1. The molecule has 1 saturated heterocycles. The Bertz CT molecular complexity index is 530. The predicted molar refractivity (Wildman–Crippen MR) is 79.1 cm³/mol. The molecule has 1 N–H and O–H groups in total. The summed E-state index contributed by atoms with van der Waals surface area (Å²) in [5.74, 6) is 0.111. The van der Waals surface area contributed by atoms with Crippen LogP contribution in [0.5, 0.6) is 0 Å². The molecule has 0 saturated carbocycles. The number of aromatic nitrogens is 3. The fraction of sp³-hybridized carbons (Fsp3) is 0.714. The first-order chi connectivity index (χ1) is 10.5. The monoisotopic (exact) mass is 309 g/mol. The van der Waals surface area contributed by atoms with E-state index < -0.39 is 6.04 Å². The third-order valence-electron chi connectivity index (χ3n) is 3.82. The van der Waals surface area contributed by atoms with Gasteiger partial charge in [-0.2, -0.15) is 0 Å². The number of carbonyl (C=O) groups is 2. The zero-order valence-corrected chi connectivity index (χ0v) is 13.3. The third kappa shape index (κ3) is 3.82. The van der Waals surface area contributed by atoms with E-state index in [9.17, 15) is 9.59 Å². The van der Waals surface area contributed by atoms with Gasteiger partial charge in [-0.3, -0.25) is 9.69 Å². The van der Waals surface area contributed by atoms with Crippen molar-refractivity contribution in [2.24, 2.45) is 5.92 Å². The highest BCUT2D eigenvalue weighted by atomic mass is 16.5. The van der Waals surface area contributed by atoms with Gasteiger partial charge in [0.25, 0.3) is 5.91 Å². The summed E-state index contributed by atoms with van der Waals surface area (Å²) in [6.07, 6.45) is 3.06. The normalized spacial score (nSPS) is 19.6. The van der Waals surface area contributed by atoms with Crippen molar-refractivity contribution in [3.63, 3.8) is 0 Å². The summed E-state index contributed by atoms with van der Waals surface area (Å²) in [4.78, 5) is 25.5. The third-order valence-corrected chi connectivity index (χ3v) is 3.82. The van der Waals surface area contributed by atoms with Crippen molar-refractivity contribution >= 4 is 11.9 Å². The number of nitrogens with one attached hydrogen (secondary N) is 1. The fourth-order valence-corrected chi connectivity index (χ4v) is 2.26. The number of rotatable bonds is 8. The number of carbonyl (C=O) groups excluding carboxylic acids is 2. The maximum Gasteiger partial charge on any atom is 0.324 e. The van der Waals surface area contributed by atoms with Gasteiger partial charge in [-0.05, 0) is 5.92 Å². The summed E-state index contributed by atoms with van der Waals surface area (Å²) in [5, 5.41) is 10.7. The van der Waals surface area contributed by atoms with Gasteiger partial charge in [0.05, 0.1) is 18.8 Å². The molecule has 1 aromatic heterocycles. The second-order valence-corrected chi connectivity index (χ2v) is 5.63. The van der Waals surface area contributed by atoms with Crippen molar-refractivity contribution in [3.8, 4) is 0 Å². The number of amides is 3. The zero-order chi connectivity index (χ0) is 16.1. The Balaban J connectivity index is 1.94. The smallest absolute Gasteiger partial charge is 0.324 e. The summed E-state index contributed by atoms with van der Waals surface area (Å²) in [7, 11) is 1.62. The molecule has 122 valence electrons. The fourth-order valence-electron chi connectivity index (χ4n) is 2.26. The molecular weight excluding hydrogens is 286 g/mol. The summed E-state index contributed by atoms with van der Waals surface area (Å²) in [5.41, 5.74) is 0.681. The maximum absolute atomic E-state index is 12.3. The number of nitrogens with zero attached hydrogens (tertiary/aromatic N) is 4. The summed E-state index contributed by atoms with van der Waals surface area (Å²) in [6.45, 7) is 5.67. The van der Waals surface area contributed by atoms with Crippen LogP contribution in [0.1, 0.15) is 26.0 Å². The molecule has 1 aliphatic rings. The number of ether oxygens (including phenoxy) is 1. The van der Waals surface area contributed by atoms with E-state index in [-0.39, 0.29) is 11.9 Å². The van der Waals surface area contributed by atoms with Gasteiger partial charge in [0.2, 0.25) is 0 Å². The van der Waals surface area contributed by atoms with Gasteiger partial charge in [0.15, 0.2) is 0 Å². The molecular formula is C14H23N5O3. The molecule has 0 bridgehead atoms. The lowest BCUT2D eigenvalue weighted by atomic mass is 10.1. The van der Waals surface area contributed by atoms with E-state index in [1.807, 2.05) is 13.8 Å². The van der Waals surface area contributed by atoms with E-state index in [0.717, 1.165) is 6.42 Å². The number of hydrogen-bond donors (Lipinski definition) is 1. The molecule has 0 aliphatic carbocycles. The molecule has 8 nitrogen and oxygen atoms in total. The molecule has 2 heterocycles. The molecule has 0 spiro atoms. The standard InChI is InChI=1S/C14H23N5O3/c1-4-10(2)8-19-13(20)12(15-14(19)21)7-11-9-18(17-16-11)5-6-22-3/h9-10,12H,4-8H2,1-3H3,(H,15,21)/t10-,12+/m0/s1. The average molecular weight is 309 g/mol. The van der Waals surface area contributed by atoms with Gasteiger partial charge in [-0.25, -0.2) is 9.48 Å². The van der Waals surface area contributed by atoms with E-state index in [1.165, 1.54) is 4.90 Å². The van der Waals surface area contributed by atoms with Gasteiger partial charge >= 0.3 is 6.03 Å². The highest BCUT2D eigenvalue weighted by molar-refractivity contribution is 6.04. The van der Waals surface area contributed by atoms with Crippen LogP contribution < -0.4 is 5.32 Å². The summed E-state index contributed by atoms with van der Waals surface area (Å²) < 4.78 is 6.64. The Hall–Kier alpha value is -1.96. The zero-order valence-electron chi connectivity index (χ0n) is 13.3. The Kier molecular flexibility index (Phi) is 5.48. The van der Waals surface area contributed by atoms with Gasteiger partial charge in [0.1, 0.15) is 6.04 Å². The Morgan fingerprint density at radius 1 is 1.45 bits per heavy atom. The van der Waals surface area contributed by atoms with Crippen LogP contribution in [0.4, 0.5) is 4.79 Å². The van der Waals surface area contributed by atoms with Gasteiger partial charge in [0, 0.05) is 26.3 Å². The molecule has 1 aromatic rings. The van der Waals surface area contributed by atoms with Crippen LogP contribution in [-0.4, -0.2) is 58.1 Å². The molecule has 2 rings (SSSR count). The van der Waals surface area contributed by atoms with Crippen LogP contribution in [-0.2, 0) is 22.5 Å². The Labute approximate surface area is 129 Å². The van der Waals surface area contributed by atoms with Crippen LogP contribution in [0.2, 0.25) is 0 Å². The first kappa shape index (κ1) is 16.4. The van der Waals surface area contributed by atoms with Crippen LogP contribution in [0, 0.1) is 5.92 Å². The van der Waals surface area contributed by atoms with Gasteiger partial charge < -0.3 is 10.1 Å². The van der Waals surface area contributed by atoms with E-state index >= 15 is 0 Å². The van der Waals surface area contributed by atoms with Crippen molar-refractivity contribution in [1.29, 1.82) is 0 Å². The lowest BCUT2D eigenvalue weighted by Gasteiger charge is -2.16. The van der Waals surface area contributed by atoms with E-state index in [1.54, 1.807) is 18.0 Å². The lowest BCUT2D eigenvalue weighted by Crippen LogP contribution is -2.35. The minimum atomic E-state index is -0.552. The first-order valence-corrected chi connectivity index (χ1v) is 7.55. The summed E-state index contributed by atoms with van der Waals surface area (Å²) >= 11 is 0. The largest absolute Gasteiger partial charge is 0.383 e. The van der Waals surface area contributed by atoms with Gasteiger partial charge in [-0.1, -0.05) is 25.5 Å². The second kappa shape index (κ2) is 7.35. The van der Waals surface area contributed by atoms with Crippen molar-refractivity contribution in [2.75, 3.05) is 20.3 Å². The van der Waals surface area contributed by atoms with Crippen LogP contribution in [0.25, 0.3) is 0 Å².